The number of rotatable bonds is 3. The van der Waals surface area contributed by atoms with Gasteiger partial charge in [-0.1, -0.05) is 61.9 Å². The van der Waals surface area contributed by atoms with E-state index in [0.29, 0.717) is 5.92 Å². The minimum Gasteiger partial charge on any atom is -0.0648 e. The maximum absolute atomic E-state index is 2.46. The van der Waals surface area contributed by atoms with Crippen LogP contribution in [0.1, 0.15) is 42.5 Å². The molecule has 0 bridgehead atoms. The molecule has 0 aliphatic heterocycles. The monoisotopic (exact) mass is 276 g/mol. The Morgan fingerprint density at radius 3 is 2.48 bits per heavy atom. The average molecular weight is 276 g/mol. The highest BCUT2D eigenvalue weighted by atomic mass is 14.3. The molecule has 21 heavy (non-hydrogen) atoms. The first-order chi connectivity index (χ1) is 10.1. The van der Waals surface area contributed by atoms with Gasteiger partial charge in [-0.05, 0) is 66.0 Å². The van der Waals surface area contributed by atoms with Crippen molar-refractivity contribution in [3.63, 3.8) is 0 Å². The Bertz CT molecular complexity index is 704. The molecule has 2 aromatic rings. The number of aryl methyl sites for hydroxylation is 2. The third kappa shape index (κ3) is 2.44. The van der Waals surface area contributed by atoms with Crippen LogP contribution in [0.2, 0.25) is 0 Å². The van der Waals surface area contributed by atoms with Gasteiger partial charge in [-0.2, -0.15) is 0 Å². The summed E-state index contributed by atoms with van der Waals surface area (Å²) in [6.07, 6.45) is 4.81. The van der Waals surface area contributed by atoms with E-state index in [9.17, 15) is 0 Å². The van der Waals surface area contributed by atoms with E-state index in [4.69, 9.17) is 0 Å². The second-order valence-corrected chi connectivity index (χ2v) is 6.35. The standard InChI is InChI=1S/C21H24/c1-5-14(2)18-12-17-11-10-16(4)21(20(17)13-18)19-9-7-6-8-15(19)3/h6-11,13-14H,5,12H2,1-4H3. The minimum atomic E-state index is 0.683. The third-order valence-corrected chi connectivity index (χ3v) is 4.93. The first kappa shape index (κ1) is 14.1. The summed E-state index contributed by atoms with van der Waals surface area (Å²) in [4.78, 5) is 0. The average Bonchev–Trinajstić information content (AvgIpc) is 2.91. The van der Waals surface area contributed by atoms with Crippen LogP contribution in [0.25, 0.3) is 17.2 Å². The quantitative estimate of drug-likeness (QED) is 0.649. The van der Waals surface area contributed by atoms with Gasteiger partial charge in [-0.3, -0.25) is 0 Å². The molecule has 1 aliphatic rings. The molecular weight excluding hydrogens is 252 g/mol. The summed E-state index contributed by atoms with van der Waals surface area (Å²) in [5.41, 5.74) is 10.1. The zero-order chi connectivity index (χ0) is 15.0. The van der Waals surface area contributed by atoms with E-state index in [0.717, 1.165) is 6.42 Å². The topological polar surface area (TPSA) is 0 Å². The lowest BCUT2D eigenvalue weighted by Gasteiger charge is -2.14. The first-order valence-electron chi connectivity index (χ1n) is 8.00. The molecule has 0 saturated heterocycles. The first-order valence-corrected chi connectivity index (χ1v) is 8.00. The Kier molecular flexibility index (Phi) is 3.71. The summed E-state index contributed by atoms with van der Waals surface area (Å²) in [6.45, 7) is 9.07. The van der Waals surface area contributed by atoms with E-state index in [2.05, 4.69) is 70.2 Å². The van der Waals surface area contributed by atoms with Crippen LogP contribution >= 0.6 is 0 Å². The minimum absolute atomic E-state index is 0.683. The van der Waals surface area contributed by atoms with Gasteiger partial charge in [-0.25, -0.2) is 0 Å². The molecule has 0 radical (unpaired) electrons. The molecule has 0 saturated carbocycles. The van der Waals surface area contributed by atoms with Crippen molar-refractivity contribution in [1.82, 2.24) is 0 Å². The Balaban J connectivity index is 2.18. The fourth-order valence-corrected chi connectivity index (χ4v) is 3.34. The molecule has 0 aromatic heterocycles. The van der Waals surface area contributed by atoms with Gasteiger partial charge in [0.2, 0.25) is 0 Å². The predicted molar refractivity (Wildman–Crippen MR) is 92.5 cm³/mol. The molecule has 3 rings (SSSR count). The normalized spacial score (nSPS) is 14.8. The van der Waals surface area contributed by atoms with E-state index in [-0.39, 0.29) is 0 Å². The molecule has 0 fully saturated rings. The summed E-state index contributed by atoms with van der Waals surface area (Å²) < 4.78 is 0. The molecule has 0 N–H and O–H groups in total. The molecule has 1 aliphatic carbocycles. The van der Waals surface area contributed by atoms with Crippen LogP contribution < -0.4 is 0 Å². The summed E-state index contributed by atoms with van der Waals surface area (Å²) in [7, 11) is 0. The maximum atomic E-state index is 2.46. The molecular formula is C21H24. The fraction of sp³-hybridized carbons (Fsp3) is 0.333. The second-order valence-electron chi connectivity index (χ2n) is 6.35. The lowest BCUT2D eigenvalue weighted by Crippen LogP contribution is -1.97. The van der Waals surface area contributed by atoms with Gasteiger partial charge in [0.05, 0.1) is 0 Å². The summed E-state index contributed by atoms with van der Waals surface area (Å²) >= 11 is 0. The predicted octanol–water partition coefficient (Wildman–Crippen LogP) is 5.96. The molecule has 0 spiro atoms. The fourth-order valence-electron chi connectivity index (χ4n) is 3.34. The Hall–Kier alpha value is -1.82. The van der Waals surface area contributed by atoms with Crippen molar-refractivity contribution >= 4 is 6.08 Å². The Morgan fingerprint density at radius 2 is 1.76 bits per heavy atom. The van der Waals surface area contributed by atoms with Crippen LogP contribution in [0.4, 0.5) is 0 Å². The van der Waals surface area contributed by atoms with Crippen LogP contribution in [0, 0.1) is 19.8 Å². The van der Waals surface area contributed by atoms with Crippen molar-refractivity contribution in [2.45, 2.75) is 40.5 Å². The smallest absolute Gasteiger partial charge is 0.00549 e. The molecule has 2 aromatic carbocycles. The van der Waals surface area contributed by atoms with Gasteiger partial charge >= 0.3 is 0 Å². The van der Waals surface area contributed by atoms with Gasteiger partial charge < -0.3 is 0 Å². The highest BCUT2D eigenvalue weighted by Gasteiger charge is 2.21. The second kappa shape index (κ2) is 5.52. The highest BCUT2D eigenvalue weighted by molar-refractivity contribution is 5.84. The molecule has 0 heterocycles. The zero-order valence-electron chi connectivity index (χ0n) is 13.5. The van der Waals surface area contributed by atoms with E-state index in [1.54, 1.807) is 5.57 Å². The van der Waals surface area contributed by atoms with Crippen LogP contribution in [0.5, 0.6) is 0 Å². The molecule has 0 nitrogen and oxygen atoms in total. The van der Waals surface area contributed by atoms with E-state index in [1.807, 2.05) is 0 Å². The number of allylic oxidation sites excluding steroid dienone is 1. The molecule has 0 heteroatoms. The van der Waals surface area contributed by atoms with Crippen molar-refractivity contribution in [1.29, 1.82) is 0 Å². The van der Waals surface area contributed by atoms with Gasteiger partial charge in [0.25, 0.3) is 0 Å². The van der Waals surface area contributed by atoms with Gasteiger partial charge in [0.15, 0.2) is 0 Å². The molecule has 0 amide bonds. The number of benzene rings is 2. The van der Waals surface area contributed by atoms with Crippen LogP contribution in [-0.2, 0) is 6.42 Å². The summed E-state index contributed by atoms with van der Waals surface area (Å²) in [6, 6.07) is 13.3. The summed E-state index contributed by atoms with van der Waals surface area (Å²) in [5, 5.41) is 0. The molecule has 1 unspecified atom stereocenters. The number of fused-ring (bicyclic) bond motifs is 1. The van der Waals surface area contributed by atoms with E-state index >= 15 is 0 Å². The lowest BCUT2D eigenvalue weighted by atomic mass is 9.90. The third-order valence-electron chi connectivity index (χ3n) is 4.93. The molecule has 1 atom stereocenters. The largest absolute Gasteiger partial charge is 0.0648 e. The number of hydrogen-bond acceptors (Lipinski definition) is 0. The highest BCUT2D eigenvalue weighted by Crippen LogP contribution is 2.39. The SMILES string of the molecule is CCC(C)C1=Cc2c(ccc(C)c2-c2ccccc2C)C1. The van der Waals surface area contributed by atoms with E-state index < -0.39 is 0 Å². The lowest BCUT2D eigenvalue weighted by molar-refractivity contribution is 0.647. The van der Waals surface area contributed by atoms with E-state index in [1.165, 1.54) is 39.8 Å². The van der Waals surface area contributed by atoms with Gasteiger partial charge in [0.1, 0.15) is 0 Å². The summed E-state index contributed by atoms with van der Waals surface area (Å²) in [5.74, 6) is 0.683. The van der Waals surface area contributed by atoms with Crippen LogP contribution in [-0.4, -0.2) is 0 Å². The number of hydrogen-bond donors (Lipinski definition) is 0. The van der Waals surface area contributed by atoms with Gasteiger partial charge in [-0.15, -0.1) is 0 Å². The van der Waals surface area contributed by atoms with Crippen molar-refractivity contribution < 1.29 is 0 Å². The maximum Gasteiger partial charge on any atom is -0.00549 e. The van der Waals surface area contributed by atoms with Crippen LogP contribution in [0.15, 0.2) is 42.0 Å². The van der Waals surface area contributed by atoms with Crippen molar-refractivity contribution in [2.75, 3.05) is 0 Å². The Labute approximate surface area is 128 Å². The van der Waals surface area contributed by atoms with Crippen molar-refractivity contribution in [2.24, 2.45) is 5.92 Å². The Morgan fingerprint density at radius 1 is 1.00 bits per heavy atom. The van der Waals surface area contributed by atoms with Crippen molar-refractivity contribution in [3.8, 4) is 11.1 Å². The zero-order valence-corrected chi connectivity index (χ0v) is 13.5. The molecule has 108 valence electrons. The van der Waals surface area contributed by atoms with Crippen LogP contribution in [0.3, 0.4) is 0 Å². The van der Waals surface area contributed by atoms with Crippen molar-refractivity contribution in [3.05, 3.63) is 64.2 Å². The van der Waals surface area contributed by atoms with Gasteiger partial charge in [0, 0.05) is 0 Å².